The molecule has 4 N–H and O–H groups in total. The second-order valence-corrected chi connectivity index (χ2v) is 1.65. The fourth-order valence-electron chi connectivity index (χ4n) is 0.536. The smallest absolute Gasteiger partial charge is 0.325 e. The van der Waals surface area contributed by atoms with Crippen LogP contribution in [0.3, 0.4) is 0 Å². The summed E-state index contributed by atoms with van der Waals surface area (Å²) in [6.07, 6.45) is 1.01. The lowest BCUT2D eigenvalue weighted by atomic mass is 10.6. The van der Waals surface area contributed by atoms with Gasteiger partial charge in [-0.3, -0.25) is 0 Å². The number of aromatic nitrogens is 3. The van der Waals surface area contributed by atoms with Crippen LogP contribution in [0.25, 0.3) is 5.53 Å². The van der Waals surface area contributed by atoms with Gasteiger partial charge in [-0.1, -0.05) is 0 Å². The third kappa shape index (κ3) is 1.70. The second-order valence-electron chi connectivity index (χ2n) is 1.65. The molecule has 1 rings (SSSR count). The van der Waals surface area contributed by atoms with Gasteiger partial charge in [-0.25, -0.2) is 0 Å². The zero-order valence-electron chi connectivity index (χ0n) is 5.47. The van der Waals surface area contributed by atoms with Crippen LogP contribution in [0.1, 0.15) is 5.82 Å². The Bertz CT molecular complexity index is 292. The van der Waals surface area contributed by atoms with E-state index < -0.39 is 0 Å². The van der Waals surface area contributed by atoms with Gasteiger partial charge in [0.1, 0.15) is 0 Å². The van der Waals surface area contributed by atoms with E-state index in [-0.39, 0.29) is 17.7 Å². The van der Waals surface area contributed by atoms with Gasteiger partial charge in [0.05, 0.1) is 0 Å². The first-order valence-electron chi connectivity index (χ1n) is 2.67. The van der Waals surface area contributed by atoms with Crippen molar-refractivity contribution in [2.75, 3.05) is 11.5 Å². The summed E-state index contributed by atoms with van der Waals surface area (Å²) < 4.78 is 0. The summed E-state index contributed by atoms with van der Waals surface area (Å²) in [5.41, 5.74) is 18.5. The Hall–Kier alpha value is -2.01. The fraction of sp³-hybridized carbons (Fsp3) is 0. The lowest BCUT2D eigenvalue weighted by Crippen LogP contribution is -2.06. The molecule has 0 aliphatic rings. The molecule has 1 heterocycles. The first kappa shape index (κ1) is 7.10. The standard InChI is InChI=1S/C4H5N7/c5-3-9-2(1-8-7)10-4(6)11-3/h1H,(H4,5,6,9,10,11). The zero-order valence-corrected chi connectivity index (χ0v) is 5.47. The molecular formula is C4H5N7. The number of nitrogens with zero attached hydrogens (tertiary/aromatic N) is 5. The fourth-order valence-corrected chi connectivity index (χ4v) is 0.536. The molecule has 0 spiro atoms. The molecule has 0 radical (unpaired) electrons. The Kier molecular flexibility index (Phi) is 1.75. The second kappa shape index (κ2) is 2.72. The van der Waals surface area contributed by atoms with Crippen LogP contribution in [0.5, 0.6) is 0 Å². The number of anilines is 2. The van der Waals surface area contributed by atoms with Crippen LogP contribution >= 0.6 is 0 Å². The lowest BCUT2D eigenvalue weighted by molar-refractivity contribution is 0.00394. The Balaban J connectivity index is 3.18. The maximum absolute atomic E-state index is 8.09. The highest BCUT2D eigenvalue weighted by Crippen LogP contribution is 1.94. The number of hydrogen-bond acceptors (Lipinski definition) is 5. The van der Waals surface area contributed by atoms with E-state index in [1.165, 1.54) is 0 Å². The number of hydrogen-bond donors (Lipinski definition) is 2. The maximum Gasteiger partial charge on any atom is 0.325 e. The molecule has 0 saturated carbocycles. The van der Waals surface area contributed by atoms with Crippen LogP contribution in [-0.2, 0) is 0 Å². The van der Waals surface area contributed by atoms with Crippen LogP contribution in [0.4, 0.5) is 11.9 Å². The quantitative estimate of drug-likeness (QED) is 0.292. The van der Waals surface area contributed by atoms with E-state index >= 15 is 0 Å². The summed E-state index contributed by atoms with van der Waals surface area (Å²) in [7, 11) is 0. The Labute approximate surface area is 61.7 Å². The summed E-state index contributed by atoms with van der Waals surface area (Å²) in [6.45, 7) is 0. The minimum Gasteiger partial charge on any atom is -0.368 e. The maximum atomic E-state index is 8.09. The Morgan fingerprint density at radius 3 is 2.18 bits per heavy atom. The monoisotopic (exact) mass is 151 g/mol. The number of nitrogen functional groups attached to an aromatic ring is 2. The third-order valence-electron chi connectivity index (χ3n) is 0.861. The summed E-state index contributed by atoms with van der Waals surface area (Å²) in [6, 6.07) is 0. The van der Waals surface area contributed by atoms with Crippen molar-refractivity contribution in [2.45, 2.75) is 0 Å². The number of rotatable bonds is 1. The number of nitrogens with two attached hydrogens (primary N) is 2. The average molecular weight is 151 g/mol. The van der Waals surface area contributed by atoms with Gasteiger partial charge in [-0.15, -0.1) is 0 Å². The molecule has 0 aromatic carbocycles. The lowest BCUT2D eigenvalue weighted by Gasteiger charge is -1.92. The summed E-state index contributed by atoms with van der Waals surface area (Å²) in [5.74, 6) is 0.109. The van der Waals surface area contributed by atoms with Crippen LogP contribution < -0.4 is 11.5 Å². The van der Waals surface area contributed by atoms with Gasteiger partial charge in [0, 0.05) is 0 Å². The predicted molar refractivity (Wildman–Crippen MR) is 37.4 cm³/mol. The SMILES string of the molecule is [N-]=[N+]=Cc1nc(N)nc(N)n1. The predicted octanol–water partition coefficient (Wildman–Crippen LogP) is -1.32. The summed E-state index contributed by atoms with van der Waals surface area (Å²) in [5, 5.41) is 0. The van der Waals surface area contributed by atoms with Crippen molar-refractivity contribution in [3.63, 3.8) is 0 Å². The van der Waals surface area contributed by atoms with Gasteiger partial charge >= 0.3 is 6.21 Å². The van der Waals surface area contributed by atoms with E-state index in [9.17, 15) is 0 Å². The minimum atomic E-state index is -0.00704. The normalized spacial score (nSPS) is 8.73. The molecule has 7 nitrogen and oxygen atoms in total. The van der Waals surface area contributed by atoms with Crippen LogP contribution in [0, 0.1) is 0 Å². The van der Waals surface area contributed by atoms with Gasteiger partial charge in [-0.05, 0) is 0 Å². The van der Waals surface area contributed by atoms with Crippen molar-refractivity contribution in [3.05, 3.63) is 11.4 Å². The van der Waals surface area contributed by atoms with Crippen molar-refractivity contribution < 1.29 is 4.79 Å². The average Bonchev–Trinajstić information content (AvgIpc) is 1.85. The molecule has 0 amide bonds. The highest BCUT2D eigenvalue weighted by atomic mass is 15.1. The van der Waals surface area contributed by atoms with E-state index in [2.05, 4.69) is 19.7 Å². The van der Waals surface area contributed by atoms with Crippen molar-refractivity contribution >= 4 is 18.1 Å². The largest absolute Gasteiger partial charge is 0.368 e. The summed E-state index contributed by atoms with van der Waals surface area (Å²) in [4.78, 5) is 13.4. The first-order valence-corrected chi connectivity index (χ1v) is 2.67. The van der Waals surface area contributed by atoms with E-state index in [0.29, 0.717) is 0 Å². The highest BCUT2D eigenvalue weighted by molar-refractivity contribution is 5.69. The Morgan fingerprint density at radius 1 is 1.18 bits per heavy atom. The molecule has 0 bridgehead atoms. The molecule has 0 aliphatic carbocycles. The molecule has 0 saturated heterocycles. The topological polar surface area (TPSA) is 127 Å². The molecule has 0 unspecified atom stereocenters. The molecule has 7 heteroatoms. The molecule has 11 heavy (non-hydrogen) atoms. The molecule has 0 fully saturated rings. The zero-order chi connectivity index (χ0) is 8.27. The molecular weight excluding hydrogens is 146 g/mol. The van der Waals surface area contributed by atoms with Crippen molar-refractivity contribution in [2.24, 2.45) is 0 Å². The van der Waals surface area contributed by atoms with Crippen LogP contribution in [-0.4, -0.2) is 26.0 Å². The van der Waals surface area contributed by atoms with Gasteiger partial charge in [-0.2, -0.15) is 19.7 Å². The molecule has 1 aromatic rings. The first-order chi connectivity index (χ1) is 5.22. The van der Waals surface area contributed by atoms with E-state index in [1.807, 2.05) is 0 Å². The van der Waals surface area contributed by atoms with Gasteiger partial charge < -0.3 is 17.0 Å². The van der Waals surface area contributed by atoms with E-state index in [1.54, 1.807) is 0 Å². The van der Waals surface area contributed by atoms with Crippen molar-refractivity contribution in [1.82, 2.24) is 15.0 Å². The van der Waals surface area contributed by atoms with Crippen molar-refractivity contribution in [1.29, 1.82) is 0 Å². The molecule has 0 atom stereocenters. The third-order valence-corrected chi connectivity index (χ3v) is 0.861. The van der Waals surface area contributed by atoms with E-state index in [4.69, 9.17) is 17.0 Å². The van der Waals surface area contributed by atoms with Crippen LogP contribution in [0.15, 0.2) is 0 Å². The van der Waals surface area contributed by atoms with Crippen LogP contribution in [0.2, 0.25) is 0 Å². The summed E-state index contributed by atoms with van der Waals surface area (Å²) >= 11 is 0. The van der Waals surface area contributed by atoms with Gasteiger partial charge in [0.15, 0.2) is 0 Å². The van der Waals surface area contributed by atoms with Gasteiger partial charge in [0.2, 0.25) is 17.7 Å². The molecule has 0 aliphatic heterocycles. The van der Waals surface area contributed by atoms with Crippen molar-refractivity contribution in [3.8, 4) is 0 Å². The highest BCUT2D eigenvalue weighted by Gasteiger charge is 2.00. The minimum absolute atomic E-state index is 0.00704. The molecule has 1 aromatic heterocycles. The Morgan fingerprint density at radius 2 is 1.73 bits per heavy atom. The van der Waals surface area contributed by atoms with E-state index in [0.717, 1.165) is 6.21 Å². The molecule has 56 valence electrons. The van der Waals surface area contributed by atoms with Gasteiger partial charge in [0.25, 0.3) is 0 Å².